The molecule has 3 rings (SSSR count). The molecule has 1 fully saturated rings. The number of benzene rings is 1. The summed E-state index contributed by atoms with van der Waals surface area (Å²) in [6.45, 7) is 12.0. The highest BCUT2D eigenvalue weighted by Gasteiger charge is 2.36. The number of carbonyl (C=O) groups excluding carboxylic acids is 2. The van der Waals surface area contributed by atoms with Gasteiger partial charge in [-0.1, -0.05) is 45.0 Å². The maximum atomic E-state index is 12.3. The third-order valence-corrected chi connectivity index (χ3v) is 6.57. The summed E-state index contributed by atoms with van der Waals surface area (Å²) in [5.41, 5.74) is 5.16. The second-order valence-corrected chi connectivity index (χ2v) is 9.93. The van der Waals surface area contributed by atoms with Crippen LogP contribution in [0.25, 0.3) is 10.4 Å². The Bertz CT molecular complexity index is 842. The monoisotopic (exact) mass is 444 g/mol. The third kappa shape index (κ3) is 6.87. The van der Waals surface area contributed by atoms with Crippen LogP contribution in [0, 0.1) is 12.3 Å². The molecule has 7 heteroatoms. The molecule has 6 nitrogen and oxygen atoms in total. The van der Waals surface area contributed by atoms with Gasteiger partial charge in [-0.25, -0.2) is 4.98 Å². The van der Waals surface area contributed by atoms with Crippen molar-refractivity contribution in [2.75, 3.05) is 13.6 Å². The van der Waals surface area contributed by atoms with Gasteiger partial charge in [0.25, 0.3) is 0 Å². The van der Waals surface area contributed by atoms with Crippen molar-refractivity contribution in [3.8, 4) is 10.4 Å². The van der Waals surface area contributed by atoms with Gasteiger partial charge in [-0.05, 0) is 50.3 Å². The number of likely N-dealkylation sites (tertiary alicyclic amines) is 1. The molecule has 2 unspecified atom stereocenters. The first kappa shape index (κ1) is 25.0. The predicted molar refractivity (Wildman–Crippen MR) is 128 cm³/mol. The van der Waals surface area contributed by atoms with Gasteiger partial charge in [0.1, 0.15) is 0 Å². The molecule has 2 heterocycles. The molecule has 1 aliphatic heterocycles. The van der Waals surface area contributed by atoms with E-state index < -0.39 is 0 Å². The molecule has 0 aliphatic carbocycles. The minimum absolute atomic E-state index is 0.0197. The highest BCUT2D eigenvalue weighted by molar-refractivity contribution is 7.13. The quantitative estimate of drug-likeness (QED) is 0.661. The molecule has 0 spiro atoms. The number of aromatic nitrogens is 1. The van der Waals surface area contributed by atoms with Crippen LogP contribution in [-0.4, -0.2) is 47.9 Å². The minimum Gasteiger partial charge on any atom is -0.355 e. The first-order valence-electron chi connectivity index (χ1n) is 10.8. The van der Waals surface area contributed by atoms with Gasteiger partial charge in [-0.2, -0.15) is 0 Å². The van der Waals surface area contributed by atoms with E-state index in [4.69, 9.17) is 0 Å². The summed E-state index contributed by atoms with van der Waals surface area (Å²) in [6.07, 6.45) is 3.00. The zero-order valence-electron chi connectivity index (χ0n) is 19.6. The summed E-state index contributed by atoms with van der Waals surface area (Å²) in [7, 11) is 1.87. The SMILES string of the molecule is CNC(C(=O)N1CCCC1C)C(C)(C)C.Cc1ncsc1-c1ccc(CNC=O)cc1. The van der Waals surface area contributed by atoms with E-state index in [1.165, 1.54) is 10.4 Å². The lowest BCUT2D eigenvalue weighted by Gasteiger charge is -2.34. The molecule has 1 aliphatic rings. The van der Waals surface area contributed by atoms with Crippen molar-refractivity contribution >= 4 is 23.7 Å². The number of likely N-dealkylation sites (N-methyl/N-ethyl adjacent to an activating group) is 1. The van der Waals surface area contributed by atoms with Gasteiger partial charge in [0.2, 0.25) is 12.3 Å². The number of rotatable bonds is 6. The molecule has 2 N–H and O–H groups in total. The van der Waals surface area contributed by atoms with E-state index in [0.29, 0.717) is 19.0 Å². The largest absolute Gasteiger partial charge is 0.355 e. The second-order valence-electron chi connectivity index (χ2n) is 9.07. The minimum atomic E-state index is -0.0713. The number of thiazole rings is 1. The van der Waals surface area contributed by atoms with Gasteiger partial charge in [0.05, 0.1) is 22.1 Å². The zero-order valence-corrected chi connectivity index (χ0v) is 20.4. The van der Waals surface area contributed by atoms with Crippen molar-refractivity contribution in [1.82, 2.24) is 20.5 Å². The number of nitrogens with zero attached hydrogens (tertiary/aromatic N) is 2. The van der Waals surface area contributed by atoms with Crippen molar-refractivity contribution in [2.24, 2.45) is 5.41 Å². The van der Waals surface area contributed by atoms with Gasteiger partial charge in [0, 0.05) is 19.1 Å². The zero-order chi connectivity index (χ0) is 23.0. The number of hydrogen-bond acceptors (Lipinski definition) is 5. The van der Waals surface area contributed by atoms with Gasteiger partial charge < -0.3 is 15.5 Å². The summed E-state index contributed by atoms with van der Waals surface area (Å²) in [4.78, 5) is 29.9. The van der Waals surface area contributed by atoms with E-state index >= 15 is 0 Å². The molecule has 170 valence electrons. The molecule has 31 heavy (non-hydrogen) atoms. The van der Waals surface area contributed by atoms with Crippen LogP contribution in [0.2, 0.25) is 0 Å². The maximum Gasteiger partial charge on any atom is 0.240 e. The molecular weight excluding hydrogens is 408 g/mol. The Morgan fingerprint density at radius 1 is 1.32 bits per heavy atom. The molecule has 1 aromatic carbocycles. The summed E-state index contributed by atoms with van der Waals surface area (Å²) in [6, 6.07) is 8.49. The normalized spacial score (nSPS) is 17.0. The van der Waals surface area contributed by atoms with Crippen molar-refractivity contribution in [3.63, 3.8) is 0 Å². The Morgan fingerprint density at radius 3 is 2.45 bits per heavy atom. The van der Waals surface area contributed by atoms with Crippen LogP contribution in [0.3, 0.4) is 0 Å². The van der Waals surface area contributed by atoms with Crippen molar-refractivity contribution in [2.45, 2.75) is 66.1 Å². The first-order valence-corrected chi connectivity index (χ1v) is 11.7. The van der Waals surface area contributed by atoms with Crippen molar-refractivity contribution in [3.05, 3.63) is 41.0 Å². The summed E-state index contributed by atoms with van der Waals surface area (Å²) >= 11 is 1.64. The Kier molecular flexibility index (Phi) is 9.19. The molecule has 0 radical (unpaired) electrons. The fourth-order valence-corrected chi connectivity index (χ4v) is 4.68. The number of aryl methyl sites for hydroxylation is 1. The van der Waals surface area contributed by atoms with Gasteiger partial charge in [-0.3, -0.25) is 9.59 Å². The van der Waals surface area contributed by atoms with Gasteiger partial charge >= 0.3 is 0 Å². The Balaban J connectivity index is 0.000000221. The molecule has 2 amide bonds. The van der Waals surface area contributed by atoms with Crippen LogP contribution in [-0.2, 0) is 16.1 Å². The van der Waals surface area contributed by atoms with E-state index in [2.05, 4.69) is 55.4 Å². The van der Waals surface area contributed by atoms with Crippen LogP contribution in [0.4, 0.5) is 0 Å². The van der Waals surface area contributed by atoms with Gasteiger partial charge in [0.15, 0.2) is 0 Å². The predicted octanol–water partition coefficient (Wildman–Crippen LogP) is 4.00. The van der Waals surface area contributed by atoms with Crippen LogP contribution in [0.5, 0.6) is 0 Å². The Hall–Kier alpha value is -2.25. The van der Waals surface area contributed by atoms with Crippen LogP contribution >= 0.6 is 11.3 Å². The van der Waals surface area contributed by atoms with E-state index in [0.717, 1.165) is 30.6 Å². The van der Waals surface area contributed by atoms with Crippen molar-refractivity contribution < 1.29 is 9.59 Å². The lowest BCUT2D eigenvalue weighted by molar-refractivity contribution is -0.136. The number of carbonyl (C=O) groups is 2. The molecule has 2 atom stereocenters. The van der Waals surface area contributed by atoms with Crippen LogP contribution in [0.1, 0.15) is 51.8 Å². The standard InChI is InChI=1S/C12H12N2OS.C12H24N2O/c1-9-12(16-8-14-9)11-4-2-10(3-5-11)6-13-7-15;1-9-7-6-8-14(9)11(15)10(13-5)12(2,3)4/h2-5,7-8H,6H2,1H3,(H,13,15);9-10,13H,6-8H2,1-5H3. The Morgan fingerprint density at radius 2 is 2.00 bits per heavy atom. The maximum absolute atomic E-state index is 12.3. The van der Waals surface area contributed by atoms with E-state index in [-0.39, 0.29) is 17.4 Å². The van der Waals surface area contributed by atoms with Crippen LogP contribution < -0.4 is 10.6 Å². The van der Waals surface area contributed by atoms with Gasteiger partial charge in [-0.15, -0.1) is 11.3 Å². The van der Waals surface area contributed by atoms with Crippen LogP contribution in [0.15, 0.2) is 29.8 Å². The van der Waals surface area contributed by atoms with E-state index in [1.807, 2.05) is 36.5 Å². The lowest BCUT2D eigenvalue weighted by atomic mass is 9.86. The molecular formula is C24H36N4O2S. The van der Waals surface area contributed by atoms with Crippen molar-refractivity contribution in [1.29, 1.82) is 0 Å². The smallest absolute Gasteiger partial charge is 0.240 e. The number of nitrogens with one attached hydrogen (secondary N) is 2. The molecule has 0 bridgehead atoms. The first-order chi connectivity index (χ1) is 14.7. The second kappa shape index (κ2) is 11.4. The fourth-order valence-electron chi connectivity index (χ4n) is 3.87. The molecule has 1 aromatic heterocycles. The molecule has 0 saturated carbocycles. The average Bonchev–Trinajstić information content (AvgIpc) is 3.34. The lowest BCUT2D eigenvalue weighted by Crippen LogP contribution is -2.52. The van der Waals surface area contributed by atoms with E-state index in [1.54, 1.807) is 11.3 Å². The fraction of sp³-hybridized carbons (Fsp3) is 0.542. The third-order valence-electron chi connectivity index (χ3n) is 5.59. The topological polar surface area (TPSA) is 74.3 Å². The highest BCUT2D eigenvalue weighted by atomic mass is 32.1. The molecule has 2 aromatic rings. The summed E-state index contributed by atoms with van der Waals surface area (Å²) < 4.78 is 0. The molecule has 1 saturated heterocycles. The summed E-state index contributed by atoms with van der Waals surface area (Å²) in [5.74, 6) is 0.259. The average molecular weight is 445 g/mol. The summed E-state index contributed by atoms with van der Waals surface area (Å²) in [5, 5.41) is 5.79. The number of hydrogen-bond donors (Lipinski definition) is 2. The highest BCUT2D eigenvalue weighted by Crippen LogP contribution is 2.27. The Labute approximate surface area is 190 Å². The van der Waals surface area contributed by atoms with E-state index in [9.17, 15) is 9.59 Å². The number of amides is 2.